The van der Waals surface area contributed by atoms with Crippen LogP contribution in [0.25, 0.3) is 0 Å². The molecular weight excluding hydrogens is 718 g/mol. The topological polar surface area (TPSA) is 134 Å². The third kappa shape index (κ3) is 7.68. The number of hydrogen-bond donors (Lipinski definition) is 2. The first-order chi connectivity index (χ1) is 22.5. The number of pyridine rings is 1. The molecule has 0 spiro atoms. The Morgan fingerprint density at radius 3 is 2.12 bits per heavy atom. The molecule has 0 fully saturated rings. The molecule has 2 heterocycles. The van der Waals surface area contributed by atoms with Crippen molar-refractivity contribution in [3.8, 4) is 5.75 Å². The Hall–Kier alpha value is -2.36. The number of methoxy groups -OCH3 is 2. The van der Waals surface area contributed by atoms with Crippen LogP contribution in [0.4, 0.5) is 0 Å². The van der Waals surface area contributed by atoms with Crippen molar-refractivity contribution in [1.29, 1.82) is 0 Å². The fourth-order valence-corrected chi connectivity index (χ4v) is 12.2. The van der Waals surface area contributed by atoms with Crippen LogP contribution in [-0.2, 0) is 23.8 Å². The van der Waals surface area contributed by atoms with Crippen molar-refractivity contribution >= 4 is 44.7 Å². The summed E-state index contributed by atoms with van der Waals surface area (Å²) in [5.41, 5.74) is -0.960. The average molecular weight is 767 g/mol. The van der Waals surface area contributed by atoms with Gasteiger partial charge in [-0.25, -0.2) is 0 Å². The summed E-state index contributed by atoms with van der Waals surface area (Å²) in [6.07, 6.45) is 1.63. The molecular formula is C35H48BrNO9SSi. The number of halogens is 1. The van der Waals surface area contributed by atoms with Gasteiger partial charge in [-0.1, -0.05) is 87.9 Å². The fourth-order valence-electron chi connectivity index (χ4n) is 7.38. The minimum Gasteiger partial charge on any atom is -0.491 e. The zero-order valence-corrected chi connectivity index (χ0v) is 32.1. The second-order valence-electron chi connectivity index (χ2n) is 13.6. The van der Waals surface area contributed by atoms with Crippen LogP contribution in [0.3, 0.4) is 0 Å². The standard InChI is InChI=1S/C35H48BrNO9SSi/c1-24(46-47(7,40)41)21-28-32(39)35(4,33(45-23-43-5)29-31(44-6)30(38)27(36)22-37(28)29)20-14-19-34(2,3)48(42,25-15-10-8-11-16-25)26-17-12-9-13-18-26/h8-13,15-18,22,24,28,32-33,39,42H,14,19-21,23H2,1-7H3. The molecule has 5 atom stereocenters. The van der Waals surface area contributed by atoms with Gasteiger partial charge in [0.05, 0.1) is 41.8 Å². The van der Waals surface area contributed by atoms with Crippen molar-refractivity contribution in [2.24, 2.45) is 5.41 Å². The fraction of sp³-hybridized carbons (Fsp3) is 0.514. The third-order valence-corrected chi connectivity index (χ3v) is 15.6. The molecule has 5 unspecified atom stereocenters. The highest BCUT2D eigenvalue weighted by Crippen LogP contribution is 2.55. The third-order valence-electron chi connectivity index (χ3n) is 9.78. The lowest BCUT2D eigenvalue weighted by molar-refractivity contribution is -0.178. The molecule has 4 rings (SSSR count). The summed E-state index contributed by atoms with van der Waals surface area (Å²) in [5.74, 6) is 0.0561. The molecule has 3 aromatic rings. The number of fused-ring (bicyclic) bond motifs is 1. The molecule has 2 N–H and O–H groups in total. The SMILES string of the molecule is COCOC1c2c(OC)c(=O)c(Br)cn2C(CC(C)OS(C)(=O)=O)C(O)C1(C)CCCC(C)(C)[Si](O)(c1ccccc1)c1ccccc1. The van der Waals surface area contributed by atoms with E-state index in [1.807, 2.05) is 67.6 Å². The number of aliphatic hydroxyl groups excluding tert-OH is 1. The van der Waals surface area contributed by atoms with E-state index in [9.17, 15) is 23.1 Å². The predicted octanol–water partition coefficient (Wildman–Crippen LogP) is 4.66. The van der Waals surface area contributed by atoms with Crippen LogP contribution < -0.4 is 20.5 Å². The molecule has 0 saturated carbocycles. The smallest absolute Gasteiger partial charge is 0.264 e. The lowest BCUT2D eigenvalue weighted by Gasteiger charge is -2.51. The van der Waals surface area contributed by atoms with Crippen LogP contribution in [0.2, 0.25) is 5.04 Å². The van der Waals surface area contributed by atoms with Crippen molar-refractivity contribution in [1.82, 2.24) is 4.57 Å². The summed E-state index contributed by atoms with van der Waals surface area (Å²) in [6.45, 7) is 7.63. The van der Waals surface area contributed by atoms with Gasteiger partial charge in [-0.05, 0) is 57.5 Å². The van der Waals surface area contributed by atoms with Crippen LogP contribution in [0.1, 0.15) is 71.2 Å². The molecule has 0 radical (unpaired) electrons. The Bertz CT molecular complexity index is 1660. The second-order valence-corrected chi connectivity index (χ2v) is 20.0. The number of rotatable bonds is 15. The van der Waals surface area contributed by atoms with Crippen molar-refractivity contribution in [2.45, 2.75) is 82.8 Å². The first kappa shape index (κ1) is 38.4. The molecule has 264 valence electrons. The summed E-state index contributed by atoms with van der Waals surface area (Å²) in [6, 6.07) is 18.9. The summed E-state index contributed by atoms with van der Waals surface area (Å²) < 4.78 is 48.6. The molecule has 1 aromatic heterocycles. The summed E-state index contributed by atoms with van der Waals surface area (Å²) >= 11 is 3.34. The number of nitrogens with zero attached hydrogens (tertiary/aromatic N) is 1. The molecule has 0 aliphatic carbocycles. The Morgan fingerprint density at radius 2 is 1.62 bits per heavy atom. The van der Waals surface area contributed by atoms with E-state index in [-0.39, 0.29) is 28.9 Å². The van der Waals surface area contributed by atoms with E-state index >= 15 is 0 Å². The second kappa shape index (κ2) is 15.3. The Kier molecular flexibility index (Phi) is 12.2. The summed E-state index contributed by atoms with van der Waals surface area (Å²) in [7, 11) is -4.17. The molecule has 1 aliphatic heterocycles. The van der Waals surface area contributed by atoms with E-state index < -0.39 is 53.2 Å². The van der Waals surface area contributed by atoms with E-state index in [1.54, 1.807) is 17.7 Å². The summed E-state index contributed by atoms with van der Waals surface area (Å²) in [4.78, 5) is 26.1. The highest BCUT2D eigenvalue weighted by Gasteiger charge is 2.54. The highest BCUT2D eigenvalue weighted by molar-refractivity contribution is 9.10. The van der Waals surface area contributed by atoms with E-state index in [4.69, 9.17) is 18.4 Å². The maximum Gasteiger partial charge on any atom is 0.264 e. The van der Waals surface area contributed by atoms with Crippen LogP contribution in [0.15, 0.2) is 76.1 Å². The van der Waals surface area contributed by atoms with E-state index in [0.717, 1.165) is 16.6 Å². The molecule has 1 aliphatic rings. The number of aromatic nitrogens is 1. The zero-order valence-electron chi connectivity index (χ0n) is 28.7. The van der Waals surface area contributed by atoms with Crippen molar-refractivity contribution in [2.75, 3.05) is 27.3 Å². The maximum atomic E-state index is 13.4. The monoisotopic (exact) mass is 765 g/mol. The van der Waals surface area contributed by atoms with Crippen LogP contribution >= 0.6 is 15.9 Å². The lowest BCUT2D eigenvalue weighted by atomic mass is 9.67. The van der Waals surface area contributed by atoms with Gasteiger partial charge in [-0.2, -0.15) is 8.42 Å². The number of aliphatic hydroxyl groups is 1. The molecule has 48 heavy (non-hydrogen) atoms. The van der Waals surface area contributed by atoms with Gasteiger partial charge in [-0.15, -0.1) is 0 Å². The van der Waals surface area contributed by atoms with E-state index in [2.05, 4.69) is 29.8 Å². The first-order valence-electron chi connectivity index (χ1n) is 16.0. The van der Waals surface area contributed by atoms with Gasteiger partial charge in [0.1, 0.15) is 12.9 Å². The number of ether oxygens (including phenoxy) is 3. The van der Waals surface area contributed by atoms with Crippen LogP contribution in [0.5, 0.6) is 5.75 Å². The number of hydrogen-bond acceptors (Lipinski definition) is 9. The maximum absolute atomic E-state index is 13.4. The van der Waals surface area contributed by atoms with Crippen molar-refractivity contribution in [3.05, 3.63) is 87.3 Å². The zero-order chi connectivity index (χ0) is 35.5. The van der Waals surface area contributed by atoms with Gasteiger partial charge in [0.25, 0.3) is 18.4 Å². The Labute approximate surface area is 293 Å². The highest BCUT2D eigenvalue weighted by atomic mass is 79.9. The number of benzene rings is 2. The van der Waals surface area contributed by atoms with Crippen LogP contribution in [0, 0.1) is 5.41 Å². The minimum atomic E-state index is -3.77. The normalized spacial score (nSPS) is 22.2. The first-order valence-corrected chi connectivity index (χ1v) is 20.6. The van der Waals surface area contributed by atoms with Crippen LogP contribution in [-0.4, -0.2) is 70.7 Å². The molecule has 0 saturated heterocycles. The molecule has 13 heteroatoms. The van der Waals surface area contributed by atoms with E-state index in [0.29, 0.717) is 25.0 Å². The lowest BCUT2D eigenvalue weighted by Crippen LogP contribution is -2.65. The largest absolute Gasteiger partial charge is 0.491 e. The van der Waals surface area contributed by atoms with Gasteiger partial charge in [0, 0.05) is 18.7 Å². The van der Waals surface area contributed by atoms with Gasteiger partial charge < -0.3 is 28.7 Å². The van der Waals surface area contributed by atoms with Crippen molar-refractivity contribution in [3.63, 3.8) is 0 Å². The molecule has 0 bridgehead atoms. The molecule has 0 amide bonds. The molecule has 2 aromatic carbocycles. The Balaban J connectivity index is 1.78. The Morgan fingerprint density at radius 1 is 1.06 bits per heavy atom. The summed E-state index contributed by atoms with van der Waals surface area (Å²) in [5, 5.41) is 13.6. The van der Waals surface area contributed by atoms with Gasteiger partial charge >= 0.3 is 0 Å². The van der Waals surface area contributed by atoms with E-state index in [1.165, 1.54) is 14.2 Å². The van der Waals surface area contributed by atoms with Crippen molar-refractivity contribution < 1.29 is 36.7 Å². The van der Waals surface area contributed by atoms with Gasteiger partial charge in [0.2, 0.25) is 5.43 Å². The predicted molar refractivity (Wildman–Crippen MR) is 192 cm³/mol. The average Bonchev–Trinajstić information content (AvgIpc) is 3.04. The quantitative estimate of drug-likeness (QED) is 0.129. The minimum absolute atomic E-state index is 0.0561. The van der Waals surface area contributed by atoms with Gasteiger partial charge in [-0.3, -0.25) is 8.98 Å². The molecule has 10 nitrogen and oxygen atoms in total. The van der Waals surface area contributed by atoms with Gasteiger partial charge in [0.15, 0.2) is 5.75 Å².